The zero-order valence-electron chi connectivity index (χ0n) is 29.1. The van der Waals surface area contributed by atoms with E-state index in [9.17, 15) is 28.5 Å². The number of nitrogens with one attached hydrogen (secondary N) is 1. The first-order chi connectivity index (χ1) is 24.9. The number of nitrogens with zero attached hydrogens (tertiary/aromatic N) is 2. The Morgan fingerprint density at radius 3 is 2.56 bits per heavy atom. The third kappa shape index (κ3) is 10.7. The van der Waals surface area contributed by atoms with E-state index in [1.807, 2.05) is 49.4 Å². The second-order valence-corrected chi connectivity index (χ2v) is 15.2. The zero-order chi connectivity index (χ0) is 37.3. The number of sulfone groups is 1. The number of ether oxygens (including phenoxy) is 3. The summed E-state index contributed by atoms with van der Waals surface area (Å²) in [6.45, 7) is 4.66. The summed E-state index contributed by atoms with van der Waals surface area (Å²) in [5.74, 6) is 0.205. The Bertz CT molecular complexity index is 1960. The van der Waals surface area contributed by atoms with Crippen molar-refractivity contribution >= 4 is 27.4 Å². The number of aliphatic carboxylic acids is 1. The van der Waals surface area contributed by atoms with Crippen LogP contribution < -0.4 is 19.5 Å². The van der Waals surface area contributed by atoms with Gasteiger partial charge in [-0.15, -0.1) is 0 Å². The highest BCUT2D eigenvalue weighted by Crippen LogP contribution is 2.35. The molecule has 0 saturated carbocycles. The lowest BCUT2D eigenvalue weighted by Crippen LogP contribution is -2.39. The summed E-state index contributed by atoms with van der Waals surface area (Å²) >= 11 is 6.67. The van der Waals surface area contributed by atoms with Crippen molar-refractivity contribution in [1.29, 1.82) is 0 Å². The van der Waals surface area contributed by atoms with Crippen molar-refractivity contribution in [3.8, 4) is 28.4 Å². The molecule has 14 heteroatoms. The van der Waals surface area contributed by atoms with Crippen molar-refractivity contribution in [3.63, 3.8) is 0 Å². The van der Waals surface area contributed by atoms with E-state index >= 15 is 0 Å². The van der Waals surface area contributed by atoms with Crippen LogP contribution >= 0.6 is 11.6 Å². The van der Waals surface area contributed by atoms with Crippen molar-refractivity contribution in [2.45, 2.75) is 56.6 Å². The van der Waals surface area contributed by atoms with Gasteiger partial charge in [-0.05, 0) is 66.3 Å². The second kappa shape index (κ2) is 18.0. The van der Waals surface area contributed by atoms with Gasteiger partial charge in [0.25, 0.3) is 0 Å². The number of aliphatic hydroxyl groups is 2. The lowest BCUT2D eigenvalue weighted by Gasteiger charge is -2.18. The first-order valence-corrected chi connectivity index (χ1v) is 19.2. The normalized spacial score (nSPS) is 15.4. The Labute approximate surface area is 308 Å². The molecule has 4 N–H and O–H groups in total. The first-order valence-electron chi connectivity index (χ1n) is 16.9. The fourth-order valence-corrected chi connectivity index (χ4v) is 6.74. The molecule has 0 amide bonds. The Morgan fingerprint density at radius 2 is 1.83 bits per heavy atom. The van der Waals surface area contributed by atoms with Gasteiger partial charge in [-0.3, -0.25) is 15.1 Å². The lowest BCUT2D eigenvalue weighted by molar-refractivity contribution is -0.140. The quantitative estimate of drug-likeness (QED) is 0.104. The highest BCUT2D eigenvalue weighted by Gasteiger charge is 2.20. The fraction of sp³-hybridized carbons (Fsp3) is 0.368. The molecule has 4 aromatic rings. The van der Waals surface area contributed by atoms with Crippen molar-refractivity contribution < 1.29 is 42.7 Å². The summed E-state index contributed by atoms with van der Waals surface area (Å²) in [5, 5.41) is 31.7. The van der Waals surface area contributed by atoms with E-state index in [2.05, 4.69) is 15.2 Å². The molecule has 1 aromatic heterocycles. The summed E-state index contributed by atoms with van der Waals surface area (Å²) in [4.78, 5) is 17.8. The maximum absolute atomic E-state index is 12.1. The van der Waals surface area contributed by atoms with Crippen LogP contribution in [0.1, 0.15) is 35.1 Å². The molecule has 0 spiro atoms. The van der Waals surface area contributed by atoms with Crippen LogP contribution in [0.4, 0.5) is 0 Å². The molecule has 3 aromatic carbocycles. The number of aliphatic hydroxyl groups excluding tert-OH is 2. The number of aromatic nitrogens is 1. The molecule has 0 aliphatic carbocycles. The third-order valence-electron chi connectivity index (χ3n) is 8.84. The van der Waals surface area contributed by atoms with E-state index in [4.69, 9.17) is 25.8 Å². The van der Waals surface area contributed by atoms with Crippen molar-refractivity contribution in [2.75, 3.05) is 39.1 Å². The maximum Gasteiger partial charge on any atom is 0.323 e. The van der Waals surface area contributed by atoms with Crippen LogP contribution in [0, 0.1) is 6.92 Å². The van der Waals surface area contributed by atoms with Gasteiger partial charge in [0.1, 0.15) is 36.5 Å². The lowest BCUT2D eigenvalue weighted by atomic mass is 9.96. The third-order valence-corrected chi connectivity index (χ3v) is 10.2. The number of pyridine rings is 1. The van der Waals surface area contributed by atoms with Gasteiger partial charge in [-0.2, -0.15) is 0 Å². The van der Waals surface area contributed by atoms with Gasteiger partial charge < -0.3 is 34.4 Å². The molecule has 5 rings (SSSR count). The minimum absolute atomic E-state index is 0.000991. The number of benzene rings is 3. The van der Waals surface area contributed by atoms with Crippen molar-refractivity contribution in [1.82, 2.24) is 15.2 Å². The minimum Gasteiger partial charge on any atom is -0.494 e. The average molecular weight is 754 g/mol. The summed E-state index contributed by atoms with van der Waals surface area (Å²) in [5.41, 5.74) is 4.97. The minimum atomic E-state index is -3.49. The average Bonchev–Trinajstić information content (AvgIpc) is 3.54. The number of β-amino-alcohol motifs (C(OH)–C–C–N with tert-alkyl or cyclic N) is 1. The molecule has 1 aliphatic heterocycles. The Kier molecular flexibility index (Phi) is 13.5. The summed E-state index contributed by atoms with van der Waals surface area (Å²) in [6, 6.07) is 17.4. The number of carbonyl (C=O) groups is 1. The van der Waals surface area contributed by atoms with Gasteiger partial charge in [-0.1, -0.05) is 41.9 Å². The zero-order valence-corrected chi connectivity index (χ0v) is 30.7. The first kappa shape index (κ1) is 39.0. The van der Waals surface area contributed by atoms with Gasteiger partial charge in [-0.25, -0.2) is 8.42 Å². The fourth-order valence-electron chi connectivity index (χ4n) is 5.88. The Balaban J connectivity index is 1.30. The predicted molar refractivity (Wildman–Crippen MR) is 197 cm³/mol. The summed E-state index contributed by atoms with van der Waals surface area (Å²) < 4.78 is 42.5. The Hall–Kier alpha value is -4.24. The summed E-state index contributed by atoms with van der Waals surface area (Å²) in [7, 11) is -3.49. The number of rotatable bonds is 18. The van der Waals surface area contributed by atoms with Crippen molar-refractivity contribution in [3.05, 3.63) is 100 Å². The number of carboxylic acids is 1. The molecule has 12 nitrogen and oxygen atoms in total. The van der Waals surface area contributed by atoms with Crippen LogP contribution in [0.3, 0.4) is 0 Å². The van der Waals surface area contributed by atoms with Crippen LogP contribution in [0.2, 0.25) is 5.02 Å². The van der Waals surface area contributed by atoms with Gasteiger partial charge in [0.05, 0.1) is 29.2 Å². The summed E-state index contributed by atoms with van der Waals surface area (Å²) in [6.07, 6.45) is 5.31. The molecule has 2 heterocycles. The Morgan fingerprint density at radius 1 is 1.04 bits per heavy atom. The van der Waals surface area contributed by atoms with E-state index in [-0.39, 0.29) is 35.8 Å². The largest absolute Gasteiger partial charge is 0.494 e. The molecular weight excluding hydrogens is 710 g/mol. The van der Waals surface area contributed by atoms with Crippen LogP contribution in [-0.2, 0) is 34.4 Å². The molecule has 2 atom stereocenters. The van der Waals surface area contributed by atoms with Gasteiger partial charge in [0, 0.05) is 62.0 Å². The molecular formula is C38H44ClN3O9S. The van der Waals surface area contributed by atoms with Crippen LogP contribution in [0.25, 0.3) is 11.1 Å². The van der Waals surface area contributed by atoms with E-state index in [1.165, 1.54) is 18.5 Å². The van der Waals surface area contributed by atoms with Crippen LogP contribution in [0.5, 0.6) is 17.2 Å². The van der Waals surface area contributed by atoms with Crippen LogP contribution in [0.15, 0.2) is 78.0 Å². The van der Waals surface area contributed by atoms with Crippen molar-refractivity contribution in [2.24, 2.45) is 0 Å². The van der Waals surface area contributed by atoms with Gasteiger partial charge in [0.15, 0.2) is 9.84 Å². The van der Waals surface area contributed by atoms with E-state index in [0.29, 0.717) is 29.2 Å². The molecule has 278 valence electrons. The standard InChI is InChI=1S/C38H44ClN3O9S/c1-25-28(7-4-9-33(25)27-6-3-8-31(15-27)49-13-5-11-42-12-10-30(44)21-42)24-51-37-17-36(29(16-34(37)39)19-41-35(22-43)38(45)46)50-23-26-14-32(20-40-18-26)52(2,47)48/h3-4,6-9,14-18,20,30,35,41,43-44H,5,10-13,19,21-24H2,1-2H3,(H,45,46). The molecule has 0 bridgehead atoms. The number of likely N-dealkylation sites (tertiary alicyclic amines) is 1. The smallest absolute Gasteiger partial charge is 0.323 e. The number of hydrogen-bond donors (Lipinski definition) is 4. The van der Waals surface area contributed by atoms with E-state index < -0.39 is 28.5 Å². The molecule has 1 saturated heterocycles. The van der Waals surface area contributed by atoms with E-state index in [0.717, 1.165) is 66.7 Å². The van der Waals surface area contributed by atoms with Crippen LogP contribution in [-0.4, -0.2) is 90.8 Å². The maximum atomic E-state index is 12.1. The molecule has 0 radical (unpaired) electrons. The number of halogens is 1. The monoisotopic (exact) mass is 753 g/mol. The molecule has 1 fully saturated rings. The van der Waals surface area contributed by atoms with E-state index in [1.54, 1.807) is 12.1 Å². The predicted octanol–water partition coefficient (Wildman–Crippen LogP) is 4.64. The second-order valence-electron chi connectivity index (χ2n) is 12.8. The SMILES string of the molecule is Cc1c(COc2cc(OCc3cncc(S(C)(=O)=O)c3)c(CNC(CO)C(=O)O)cc2Cl)cccc1-c1cccc(OCCCN2CCC(O)C2)c1. The number of carboxylic acid groups (broad SMARTS) is 1. The highest BCUT2D eigenvalue weighted by molar-refractivity contribution is 7.90. The van der Waals surface area contributed by atoms with Gasteiger partial charge in [0.2, 0.25) is 0 Å². The molecule has 52 heavy (non-hydrogen) atoms. The molecule has 1 aliphatic rings. The number of hydrogen-bond acceptors (Lipinski definition) is 11. The topological polar surface area (TPSA) is 168 Å². The van der Waals surface area contributed by atoms with Gasteiger partial charge >= 0.3 is 5.97 Å². The molecule has 2 unspecified atom stereocenters. The highest BCUT2D eigenvalue weighted by atomic mass is 35.5.